The smallest absolute Gasteiger partial charge is 0.134 e. The van der Waals surface area contributed by atoms with Crippen molar-refractivity contribution in [1.82, 2.24) is 9.97 Å². The molecule has 1 aromatic heterocycles. The second-order valence-corrected chi connectivity index (χ2v) is 4.32. The number of aryl methyl sites for hydroxylation is 1. The van der Waals surface area contributed by atoms with E-state index in [2.05, 4.69) is 20.6 Å². The van der Waals surface area contributed by atoms with Crippen LogP contribution < -0.4 is 10.6 Å². The van der Waals surface area contributed by atoms with Gasteiger partial charge in [-0.1, -0.05) is 0 Å². The summed E-state index contributed by atoms with van der Waals surface area (Å²) in [6, 6.07) is 0. The minimum Gasteiger partial charge on any atom is -0.382 e. The Bertz CT molecular complexity index is 398. The maximum Gasteiger partial charge on any atom is 0.134 e. The Balaban J connectivity index is 2.77. The molecule has 0 aliphatic heterocycles. The molecule has 0 spiro atoms. The minimum atomic E-state index is 0.00209. The topological polar surface area (TPSA) is 68.3 Å². The quantitative estimate of drug-likeness (QED) is 0.746. The first kappa shape index (κ1) is 15.7. The fourth-order valence-corrected chi connectivity index (χ4v) is 1.75. The molecule has 0 fully saturated rings. The van der Waals surface area contributed by atoms with Crippen molar-refractivity contribution in [3.8, 4) is 0 Å². The second-order valence-electron chi connectivity index (χ2n) is 4.32. The predicted molar refractivity (Wildman–Crippen MR) is 76.8 cm³/mol. The summed E-state index contributed by atoms with van der Waals surface area (Å²) in [6.45, 7) is 7.96. The highest BCUT2D eigenvalue weighted by atomic mass is 16.5. The van der Waals surface area contributed by atoms with Gasteiger partial charge in [0.2, 0.25) is 0 Å². The van der Waals surface area contributed by atoms with Crippen LogP contribution in [0.3, 0.4) is 0 Å². The molecule has 1 rings (SSSR count). The lowest BCUT2D eigenvalue weighted by Gasteiger charge is -2.18. The third kappa shape index (κ3) is 4.65. The van der Waals surface area contributed by atoms with Gasteiger partial charge in [0.15, 0.2) is 0 Å². The van der Waals surface area contributed by atoms with Crippen LogP contribution in [0.2, 0.25) is 0 Å². The molecule has 108 valence electrons. The molecule has 0 saturated carbocycles. The van der Waals surface area contributed by atoms with Gasteiger partial charge in [-0.2, -0.15) is 0 Å². The number of anilines is 2. The Morgan fingerprint density at radius 3 is 2.26 bits per heavy atom. The van der Waals surface area contributed by atoms with Crippen LogP contribution in [0.4, 0.5) is 11.6 Å². The summed E-state index contributed by atoms with van der Waals surface area (Å²) in [6.07, 6.45) is 0.00209. The van der Waals surface area contributed by atoms with Gasteiger partial charge in [-0.3, -0.25) is 0 Å². The number of hydrogen-bond acceptors (Lipinski definition) is 6. The second kappa shape index (κ2) is 7.91. The molecule has 0 radical (unpaired) electrons. The maximum absolute atomic E-state index is 5.31. The van der Waals surface area contributed by atoms with Gasteiger partial charge in [-0.05, 0) is 20.8 Å². The monoisotopic (exact) mass is 268 g/mol. The number of ether oxygens (including phenoxy) is 2. The molecular formula is C13H24N4O2. The zero-order chi connectivity index (χ0) is 14.3. The summed E-state index contributed by atoms with van der Waals surface area (Å²) < 4.78 is 10.4. The van der Waals surface area contributed by atoms with Crippen LogP contribution in [0.1, 0.15) is 18.3 Å². The fraction of sp³-hybridized carbons (Fsp3) is 0.692. The molecule has 0 aliphatic rings. The van der Waals surface area contributed by atoms with Crippen LogP contribution in [-0.2, 0) is 9.47 Å². The lowest BCUT2D eigenvalue weighted by molar-refractivity contribution is 0.0365. The molecule has 1 aromatic rings. The van der Waals surface area contributed by atoms with Gasteiger partial charge in [0.1, 0.15) is 17.5 Å². The zero-order valence-corrected chi connectivity index (χ0v) is 12.4. The van der Waals surface area contributed by atoms with Gasteiger partial charge in [0.05, 0.1) is 12.7 Å². The third-order valence-electron chi connectivity index (χ3n) is 2.78. The maximum atomic E-state index is 5.31. The predicted octanol–water partition coefficient (Wildman–Crippen LogP) is 1.60. The SMILES string of the molecule is CCNc1nc(C)nc(NCC(COC)OC)c1C. The van der Waals surface area contributed by atoms with Gasteiger partial charge < -0.3 is 20.1 Å². The highest BCUT2D eigenvalue weighted by Gasteiger charge is 2.11. The highest BCUT2D eigenvalue weighted by molar-refractivity contribution is 5.57. The zero-order valence-electron chi connectivity index (χ0n) is 12.4. The van der Waals surface area contributed by atoms with Crippen LogP contribution in [0.5, 0.6) is 0 Å². The van der Waals surface area contributed by atoms with Gasteiger partial charge in [-0.25, -0.2) is 9.97 Å². The van der Waals surface area contributed by atoms with Gasteiger partial charge in [0.25, 0.3) is 0 Å². The van der Waals surface area contributed by atoms with E-state index < -0.39 is 0 Å². The molecule has 0 aliphatic carbocycles. The molecule has 0 saturated heterocycles. The number of rotatable bonds is 8. The molecule has 0 aromatic carbocycles. The summed E-state index contributed by atoms with van der Waals surface area (Å²) in [5.74, 6) is 2.45. The van der Waals surface area contributed by atoms with E-state index in [4.69, 9.17) is 9.47 Å². The summed E-state index contributed by atoms with van der Waals surface area (Å²) in [5, 5.41) is 6.53. The van der Waals surface area contributed by atoms with Crippen molar-refractivity contribution in [3.05, 3.63) is 11.4 Å². The van der Waals surface area contributed by atoms with Crippen molar-refractivity contribution >= 4 is 11.6 Å². The number of methoxy groups -OCH3 is 2. The van der Waals surface area contributed by atoms with Crippen molar-refractivity contribution in [2.75, 3.05) is 44.5 Å². The molecule has 1 unspecified atom stereocenters. The number of nitrogens with zero attached hydrogens (tertiary/aromatic N) is 2. The van der Waals surface area contributed by atoms with E-state index in [9.17, 15) is 0 Å². The standard InChI is InChI=1S/C13H24N4O2/c1-6-14-12-9(2)13(17-10(3)16-12)15-7-11(19-5)8-18-4/h11H,6-8H2,1-5H3,(H2,14,15,16,17). The Morgan fingerprint density at radius 1 is 1.11 bits per heavy atom. The average molecular weight is 268 g/mol. The van der Waals surface area contributed by atoms with Crippen molar-refractivity contribution in [2.24, 2.45) is 0 Å². The van der Waals surface area contributed by atoms with Crippen LogP contribution in [0.25, 0.3) is 0 Å². The van der Waals surface area contributed by atoms with Crippen molar-refractivity contribution in [3.63, 3.8) is 0 Å². The summed E-state index contributed by atoms with van der Waals surface area (Å²) in [4.78, 5) is 8.81. The molecule has 6 heteroatoms. The molecule has 0 amide bonds. The summed E-state index contributed by atoms with van der Waals surface area (Å²) in [7, 11) is 3.34. The lowest BCUT2D eigenvalue weighted by atomic mass is 10.3. The van der Waals surface area contributed by atoms with Crippen LogP contribution in [-0.4, -0.2) is 50.0 Å². The number of hydrogen-bond donors (Lipinski definition) is 2. The van der Waals surface area contributed by atoms with Crippen molar-refractivity contribution in [2.45, 2.75) is 26.9 Å². The first-order chi connectivity index (χ1) is 9.12. The Morgan fingerprint density at radius 2 is 1.74 bits per heavy atom. The van der Waals surface area contributed by atoms with Crippen LogP contribution >= 0.6 is 0 Å². The van der Waals surface area contributed by atoms with E-state index in [1.165, 1.54) is 0 Å². The molecule has 1 heterocycles. The van der Waals surface area contributed by atoms with E-state index in [-0.39, 0.29) is 6.10 Å². The third-order valence-corrected chi connectivity index (χ3v) is 2.78. The lowest BCUT2D eigenvalue weighted by Crippen LogP contribution is -2.27. The Hall–Kier alpha value is -1.40. The van der Waals surface area contributed by atoms with E-state index >= 15 is 0 Å². The highest BCUT2D eigenvalue weighted by Crippen LogP contribution is 2.19. The normalized spacial score (nSPS) is 12.3. The van der Waals surface area contributed by atoms with Gasteiger partial charge >= 0.3 is 0 Å². The first-order valence-corrected chi connectivity index (χ1v) is 6.47. The van der Waals surface area contributed by atoms with E-state index in [1.807, 2.05) is 20.8 Å². The Labute approximate surface area is 114 Å². The first-order valence-electron chi connectivity index (χ1n) is 6.47. The fourth-order valence-electron chi connectivity index (χ4n) is 1.75. The molecule has 6 nitrogen and oxygen atoms in total. The molecular weight excluding hydrogens is 244 g/mol. The number of aromatic nitrogens is 2. The molecule has 2 N–H and O–H groups in total. The summed E-state index contributed by atoms with van der Waals surface area (Å²) in [5.41, 5.74) is 1.01. The van der Waals surface area contributed by atoms with Crippen molar-refractivity contribution in [1.29, 1.82) is 0 Å². The van der Waals surface area contributed by atoms with E-state index in [0.29, 0.717) is 13.2 Å². The largest absolute Gasteiger partial charge is 0.382 e. The van der Waals surface area contributed by atoms with Crippen molar-refractivity contribution < 1.29 is 9.47 Å². The average Bonchev–Trinajstić information content (AvgIpc) is 2.39. The van der Waals surface area contributed by atoms with Crippen LogP contribution in [0.15, 0.2) is 0 Å². The van der Waals surface area contributed by atoms with E-state index in [0.717, 1.165) is 29.6 Å². The van der Waals surface area contributed by atoms with E-state index in [1.54, 1.807) is 14.2 Å². The molecule has 1 atom stereocenters. The molecule has 19 heavy (non-hydrogen) atoms. The minimum absolute atomic E-state index is 0.00209. The summed E-state index contributed by atoms with van der Waals surface area (Å²) >= 11 is 0. The van der Waals surface area contributed by atoms with Gasteiger partial charge in [-0.15, -0.1) is 0 Å². The Kier molecular flexibility index (Phi) is 6.52. The number of nitrogens with one attached hydrogen (secondary N) is 2. The van der Waals surface area contributed by atoms with Crippen LogP contribution in [0, 0.1) is 13.8 Å². The molecule has 0 bridgehead atoms. The van der Waals surface area contributed by atoms with Gasteiger partial charge in [0, 0.05) is 32.9 Å².